The minimum atomic E-state index is 0.301. The third-order valence-corrected chi connectivity index (χ3v) is 7.36. The molecule has 27 heavy (non-hydrogen) atoms. The van der Waals surface area contributed by atoms with Crippen molar-refractivity contribution in [1.29, 1.82) is 0 Å². The summed E-state index contributed by atoms with van der Waals surface area (Å²) < 4.78 is 1.91. The topological polar surface area (TPSA) is 57.4 Å². The van der Waals surface area contributed by atoms with E-state index in [1.807, 2.05) is 17.2 Å². The van der Waals surface area contributed by atoms with Crippen molar-refractivity contribution >= 4 is 11.3 Å². The molecule has 7 heteroatoms. The number of aliphatic hydroxyl groups is 1. The molecule has 4 rings (SSSR count). The molecule has 1 unspecified atom stereocenters. The van der Waals surface area contributed by atoms with Crippen LogP contribution in [0.2, 0.25) is 0 Å². The quantitative estimate of drug-likeness (QED) is 0.850. The lowest BCUT2D eigenvalue weighted by molar-refractivity contribution is -0.0452. The van der Waals surface area contributed by atoms with Crippen LogP contribution in [0.15, 0.2) is 17.1 Å². The summed E-state index contributed by atoms with van der Waals surface area (Å²) >= 11 is 1.66. The smallest absolute Gasteiger partial charge is 0.0795 e. The molecular formula is C20H31N5OS. The maximum atomic E-state index is 10.1. The average Bonchev–Trinajstić information content (AvgIpc) is 3.28. The number of aryl methyl sites for hydroxylation is 2. The number of piperidine rings is 2. The van der Waals surface area contributed by atoms with E-state index >= 15 is 0 Å². The number of hydrogen-bond acceptors (Lipinski definition) is 6. The van der Waals surface area contributed by atoms with Crippen LogP contribution in [0, 0.1) is 18.3 Å². The Morgan fingerprint density at radius 1 is 1.19 bits per heavy atom. The predicted molar refractivity (Wildman–Crippen MR) is 107 cm³/mol. The molecule has 4 heterocycles. The van der Waals surface area contributed by atoms with Crippen LogP contribution in [-0.2, 0) is 20.1 Å². The highest BCUT2D eigenvalue weighted by atomic mass is 32.1. The molecule has 0 aliphatic carbocycles. The van der Waals surface area contributed by atoms with Gasteiger partial charge in [0.15, 0.2) is 0 Å². The van der Waals surface area contributed by atoms with Gasteiger partial charge in [0.2, 0.25) is 0 Å². The van der Waals surface area contributed by atoms with Crippen LogP contribution in [-0.4, -0.2) is 62.5 Å². The van der Waals surface area contributed by atoms with E-state index in [9.17, 15) is 5.11 Å². The van der Waals surface area contributed by atoms with Crippen LogP contribution < -0.4 is 0 Å². The maximum absolute atomic E-state index is 10.1. The van der Waals surface area contributed by atoms with Gasteiger partial charge in [-0.05, 0) is 51.2 Å². The summed E-state index contributed by atoms with van der Waals surface area (Å²) in [6.45, 7) is 8.67. The van der Waals surface area contributed by atoms with Crippen molar-refractivity contribution in [2.45, 2.75) is 39.3 Å². The second-order valence-electron chi connectivity index (χ2n) is 8.40. The summed E-state index contributed by atoms with van der Waals surface area (Å²) in [6, 6.07) is 0. The Balaban J connectivity index is 1.34. The standard InChI is InChI=1S/C20H31N5OS/c1-16-17(9-23(2)22-16)10-24-6-3-20(4-7-24)5-8-25(11-18(20)13-26)12-19-14-27-15-21-19/h9,14-15,18,26H,3-8,10-13H2,1-2H3. The Labute approximate surface area is 165 Å². The van der Waals surface area contributed by atoms with E-state index in [1.165, 1.54) is 24.8 Å². The molecule has 2 fully saturated rings. The zero-order chi connectivity index (χ0) is 18.9. The summed E-state index contributed by atoms with van der Waals surface area (Å²) in [5.74, 6) is 0.382. The van der Waals surface area contributed by atoms with Crippen LogP contribution in [0.1, 0.15) is 36.2 Å². The molecule has 2 aliphatic rings. The van der Waals surface area contributed by atoms with Gasteiger partial charge >= 0.3 is 0 Å². The van der Waals surface area contributed by atoms with Gasteiger partial charge in [0.05, 0.1) is 16.9 Å². The number of hydrogen-bond donors (Lipinski definition) is 1. The zero-order valence-corrected chi connectivity index (χ0v) is 17.3. The SMILES string of the molecule is Cc1nn(C)cc1CN1CCC2(CC1)CCN(Cc1cscn1)CC2CO. The van der Waals surface area contributed by atoms with E-state index in [0.717, 1.165) is 50.7 Å². The van der Waals surface area contributed by atoms with Crippen LogP contribution in [0.3, 0.4) is 0 Å². The third kappa shape index (κ3) is 4.11. The van der Waals surface area contributed by atoms with Gasteiger partial charge in [-0.2, -0.15) is 5.10 Å². The zero-order valence-electron chi connectivity index (χ0n) is 16.5. The van der Waals surface area contributed by atoms with Crippen molar-refractivity contribution in [3.05, 3.63) is 34.0 Å². The van der Waals surface area contributed by atoms with E-state index in [1.54, 1.807) is 11.3 Å². The largest absolute Gasteiger partial charge is 0.396 e. The molecule has 0 radical (unpaired) electrons. The van der Waals surface area contributed by atoms with E-state index in [2.05, 4.69) is 38.4 Å². The Morgan fingerprint density at radius 3 is 2.52 bits per heavy atom. The van der Waals surface area contributed by atoms with Crippen LogP contribution >= 0.6 is 11.3 Å². The first-order valence-electron chi connectivity index (χ1n) is 10.00. The summed E-state index contributed by atoms with van der Waals surface area (Å²) in [7, 11) is 1.99. The van der Waals surface area contributed by atoms with Crippen molar-refractivity contribution in [3.63, 3.8) is 0 Å². The second-order valence-corrected chi connectivity index (χ2v) is 9.12. The summed E-state index contributed by atoms with van der Waals surface area (Å²) in [4.78, 5) is 9.46. The fourth-order valence-corrected chi connectivity index (χ4v) is 5.53. The first-order chi connectivity index (χ1) is 13.1. The first-order valence-corrected chi connectivity index (χ1v) is 10.9. The minimum absolute atomic E-state index is 0.301. The highest BCUT2D eigenvalue weighted by molar-refractivity contribution is 7.07. The average molecular weight is 390 g/mol. The molecule has 0 amide bonds. The number of aliphatic hydroxyl groups excluding tert-OH is 1. The Kier molecular flexibility index (Phi) is 5.64. The minimum Gasteiger partial charge on any atom is -0.396 e. The molecule has 1 atom stereocenters. The van der Waals surface area contributed by atoms with Gasteiger partial charge < -0.3 is 5.11 Å². The molecule has 1 spiro atoms. The molecule has 0 aromatic carbocycles. The normalized spacial score (nSPS) is 23.9. The van der Waals surface area contributed by atoms with Gasteiger partial charge in [-0.3, -0.25) is 14.5 Å². The highest BCUT2D eigenvalue weighted by Gasteiger charge is 2.44. The number of likely N-dealkylation sites (tertiary alicyclic amines) is 2. The van der Waals surface area contributed by atoms with Gasteiger partial charge in [-0.15, -0.1) is 11.3 Å². The van der Waals surface area contributed by atoms with E-state index in [4.69, 9.17) is 0 Å². The van der Waals surface area contributed by atoms with Crippen molar-refractivity contribution < 1.29 is 5.11 Å². The molecule has 1 N–H and O–H groups in total. The fourth-order valence-electron chi connectivity index (χ4n) is 4.98. The molecule has 0 saturated carbocycles. The molecule has 2 aromatic heterocycles. The number of nitrogens with zero attached hydrogens (tertiary/aromatic N) is 5. The maximum Gasteiger partial charge on any atom is 0.0795 e. The second kappa shape index (κ2) is 7.99. The van der Waals surface area contributed by atoms with E-state index < -0.39 is 0 Å². The van der Waals surface area contributed by atoms with Crippen LogP contribution in [0.5, 0.6) is 0 Å². The van der Waals surface area contributed by atoms with Crippen molar-refractivity contribution in [2.75, 3.05) is 32.8 Å². The molecule has 2 aliphatic heterocycles. The molecule has 2 aromatic rings. The summed E-state index contributed by atoms with van der Waals surface area (Å²) in [5, 5.41) is 16.7. The predicted octanol–water partition coefficient (Wildman–Crippen LogP) is 2.28. The Hall–Kier alpha value is -1.28. The molecule has 2 saturated heterocycles. The van der Waals surface area contributed by atoms with Crippen molar-refractivity contribution in [2.24, 2.45) is 18.4 Å². The fraction of sp³-hybridized carbons (Fsp3) is 0.700. The van der Waals surface area contributed by atoms with Crippen LogP contribution in [0.25, 0.3) is 0 Å². The lowest BCUT2D eigenvalue weighted by Crippen LogP contribution is -2.53. The lowest BCUT2D eigenvalue weighted by Gasteiger charge is -2.51. The summed E-state index contributed by atoms with van der Waals surface area (Å²) in [6.07, 6.45) is 5.74. The molecule has 0 bridgehead atoms. The summed E-state index contributed by atoms with van der Waals surface area (Å²) in [5.41, 5.74) is 5.86. The van der Waals surface area contributed by atoms with Gasteiger partial charge in [0.1, 0.15) is 0 Å². The van der Waals surface area contributed by atoms with Crippen LogP contribution in [0.4, 0.5) is 0 Å². The van der Waals surface area contributed by atoms with Gasteiger partial charge in [-0.1, -0.05) is 0 Å². The number of aromatic nitrogens is 3. The Morgan fingerprint density at radius 2 is 1.93 bits per heavy atom. The monoisotopic (exact) mass is 389 g/mol. The third-order valence-electron chi connectivity index (χ3n) is 6.72. The molecule has 148 valence electrons. The first kappa shape index (κ1) is 19.1. The number of rotatable bonds is 5. The van der Waals surface area contributed by atoms with Crippen molar-refractivity contribution in [3.8, 4) is 0 Å². The Bertz CT molecular complexity index is 736. The van der Waals surface area contributed by atoms with Gasteiger partial charge in [-0.25, -0.2) is 4.98 Å². The number of thiazole rings is 1. The highest BCUT2D eigenvalue weighted by Crippen LogP contribution is 2.45. The van der Waals surface area contributed by atoms with E-state index in [-0.39, 0.29) is 0 Å². The van der Waals surface area contributed by atoms with Gasteiger partial charge in [0, 0.05) is 56.3 Å². The lowest BCUT2D eigenvalue weighted by atomic mass is 9.64. The van der Waals surface area contributed by atoms with Gasteiger partial charge in [0.25, 0.3) is 0 Å². The van der Waals surface area contributed by atoms with E-state index in [0.29, 0.717) is 17.9 Å². The molecular weight excluding hydrogens is 358 g/mol. The van der Waals surface area contributed by atoms with Crippen molar-refractivity contribution in [1.82, 2.24) is 24.6 Å². The molecule has 6 nitrogen and oxygen atoms in total.